The van der Waals surface area contributed by atoms with Crippen LogP contribution in [0.25, 0.3) is 0 Å². The van der Waals surface area contributed by atoms with Gasteiger partial charge < -0.3 is 19.9 Å². The molecule has 2 atom stereocenters. The number of pyridine rings is 1. The predicted octanol–water partition coefficient (Wildman–Crippen LogP) is 2.42. The Labute approximate surface area is 145 Å². The number of H-pyrrole nitrogens is 1. The maximum Gasteiger partial charge on any atom is 0.270 e. The zero-order chi connectivity index (χ0) is 17.3. The number of carbonyl (C=O) groups is 1. The van der Waals surface area contributed by atoms with E-state index in [-0.39, 0.29) is 29.2 Å². The molecule has 4 heterocycles. The highest BCUT2D eigenvalue weighted by molar-refractivity contribution is 5.92. The van der Waals surface area contributed by atoms with Crippen LogP contribution in [0.1, 0.15) is 29.8 Å². The average molecular weight is 344 g/mol. The molecular formula is C18H21FN4O2. The van der Waals surface area contributed by atoms with Crippen molar-refractivity contribution >= 4 is 11.7 Å². The van der Waals surface area contributed by atoms with Crippen molar-refractivity contribution in [2.24, 2.45) is 0 Å². The van der Waals surface area contributed by atoms with Gasteiger partial charge in [-0.15, -0.1) is 0 Å². The van der Waals surface area contributed by atoms with Crippen molar-refractivity contribution in [3.63, 3.8) is 0 Å². The molecule has 2 N–H and O–H groups in total. The minimum absolute atomic E-state index is 0.000135. The van der Waals surface area contributed by atoms with Crippen LogP contribution in [-0.4, -0.2) is 52.1 Å². The number of aromatic amines is 1. The van der Waals surface area contributed by atoms with E-state index in [1.807, 2.05) is 11.0 Å². The maximum atomic E-state index is 13.8. The first-order valence-electron chi connectivity index (χ1n) is 8.59. The number of likely N-dealkylation sites (tertiary alicyclic amines) is 1. The molecule has 2 aromatic heterocycles. The number of ether oxygens (including phenoxy) is 1. The van der Waals surface area contributed by atoms with Crippen molar-refractivity contribution in [3.05, 3.63) is 48.2 Å². The summed E-state index contributed by atoms with van der Waals surface area (Å²) in [7, 11) is 0. The van der Waals surface area contributed by atoms with E-state index in [1.165, 1.54) is 6.07 Å². The van der Waals surface area contributed by atoms with Gasteiger partial charge in [0.2, 0.25) is 0 Å². The zero-order valence-electron chi connectivity index (χ0n) is 13.9. The maximum absolute atomic E-state index is 13.8. The first kappa shape index (κ1) is 16.1. The highest BCUT2D eigenvalue weighted by Crippen LogP contribution is 2.36. The monoisotopic (exact) mass is 344 g/mol. The topological polar surface area (TPSA) is 70.2 Å². The van der Waals surface area contributed by atoms with Gasteiger partial charge in [0.25, 0.3) is 5.91 Å². The van der Waals surface area contributed by atoms with Crippen molar-refractivity contribution in [2.75, 3.05) is 25.0 Å². The van der Waals surface area contributed by atoms with E-state index < -0.39 is 0 Å². The molecule has 0 radical (unpaired) electrons. The lowest BCUT2D eigenvalue weighted by atomic mass is 9.88. The summed E-state index contributed by atoms with van der Waals surface area (Å²) in [6.45, 7) is 1.78. The molecule has 1 spiro atoms. The number of hydrogen-bond donors (Lipinski definition) is 2. The van der Waals surface area contributed by atoms with Gasteiger partial charge in [0, 0.05) is 25.4 Å². The average Bonchev–Trinajstić information content (AvgIpc) is 3.27. The zero-order valence-corrected chi connectivity index (χ0v) is 13.9. The summed E-state index contributed by atoms with van der Waals surface area (Å²) in [6.07, 6.45) is 5.85. The number of piperidine rings is 1. The number of carbonyl (C=O) groups excluding carboxylic acids is 1. The van der Waals surface area contributed by atoms with Crippen LogP contribution in [0.4, 0.5) is 10.2 Å². The first-order valence-corrected chi connectivity index (χ1v) is 8.59. The van der Waals surface area contributed by atoms with Crippen LogP contribution < -0.4 is 5.32 Å². The molecule has 2 aromatic rings. The molecule has 0 bridgehead atoms. The van der Waals surface area contributed by atoms with Crippen molar-refractivity contribution < 1.29 is 13.9 Å². The molecule has 132 valence electrons. The lowest BCUT2D eigenvalue weighted by Crippen LogP contribution is -2.50. The van der Waals surface area contributed by atoms with E-state index >= 15 is 0 Å². The molecule has 0 aromatic carbocycles. The van der Waals surface area contributed by atoms with E-state index in [0.717, 1.165) is 25.8 Å². The standard InChI is InChI=1S/C18H21FN4O2/c19-14-4-1-8-21-16(14)22-13-10-18(25-11-13)6-3-9-23(12-18)17(24)15-5-2-7-20-15/h1-2,4-5,7-8,13,20H,3,6,9-12H2,(H,21,22)/t13-,18-/m0/s1. The Morgan fingerprint density at radius 1 is 1.44 bits per heavy atom. The Kier molecular flexibility index (Phi) is 4.17. The molecule has 1 amide bonds. The first-order chi connectivity index (χ1) is 12.2. The summed E-state index contributed by atoms with van der Waals surface area (Å²) in [4.78, 5) is 21.4. The number of hydrogen-bond acceptors (Lipinski definition) is 4. The third-order valence-electron chi connectivity index (χ3n) is 4.96. The Morgan fingerprint density at radius 2 is 2.36 bits per heavy atom. The van der Waals surface area contributed by atoms with Crippen LogP contribution in [-0.2, 0) is 4.74 Å². The molecule has 0 aliphatic carbocycles. The van der Waals surface area contributed by atoms with Crippen LogP contribution in [0.3, 0.4) is 0 Å². The van der Waals surface area contributed by atoms with Crippen molar-refractivity contribution in [1.82, 2.24) is 14.9 Å². The molecule has 7 heteroatoms. The van der Waals surface area contributed by atoms with Gasteiger partial charge in [0.05, 0.1) is 24.8 Å². The van der Waals surface area contributed by atoms with Crippen molar-refractivity contribution in [3.8, 4) is 0 Å². The molecule has 2 aliphatic rings. The minimum atomic E-state index is -0.365. The molecular weight excluding hydrogens is 323 g/mol. The third-order valence-corrected chi connectivity index (χ3v) is 4.96. The summed E-state index contributed by atoms with van der Waals surface area (Å²) in [5, 5.41) is 3.13. The van der Waals surface area contributed by atoms with Gasteiger partial charge in [-0.25, -0.2) is 9.37 Å². The van der Waals surface area contributed by atoms with Gasteiger partial charge >= 0.3 is 0 Å². The molecule has 4 rings (SSSR count). The number of anilines is 1. The normalized spacial score (nSPS) is 26.1. The van der Waals surface area contributed by atoms with Gasteiger partial charge in [-0.2, -0.15) is 0 Å². The minimum Gasteiger partial charge on any atom is -0.371 e. The molecule has 2 saturated heterocycles. The largest absolute Gasteiger partial charge is 0.371 e. The fraction of sp³-hybridized carbons (Fsp3) is 0.444. The Balaban J connectivity index is 1.42. The quantitative estimate of drug-likeness (QED) is 0.897. The molecule has 2 fully saturated rings. The van der Waals surface area contributed by atoms with Crippen LogP contribution >= 0.6 is 0 Å². The Morgan fingerprint density at radius 3 is 3.16 bits per heavy atom. The summed E-state index contributed by atoms with van der Waals surface area (Å²) in [5.74, 6) is -0.112. The lowest BCUT2D eigenvalue weighted by Gasteiger charge is -2.39. The molecule has 0 saturated carbocycles. The van der Waals surface area contributed by atoms with E-state index in [2.05, 4.69) is 15.3 Å². The summed E-state index contributed by atoms with van der Waals surface area (Å²) >= 11 is 0. The van der Waals surface area contributed by atoms with Crippen molar-refractivity contribution in [1.29, 1.82) is 0 Å². The van der Waals surface area contributed by atoms with E-state index in [1.54, 1.807) is 24.5 Å². The highest BCUT2D eigenvalue weighted by atomic mass is 19.1. The van der Waals surface area contributed by atoms with E-state index in [9.17, 15) is 9.18 Å². The summed E-state index contributed by atoms with van der Waals surface area (Å²) < 4.78 is 19.9. The molecule has 0 unspecified atom stereocenters. The van der Waals surface area contributed by atoms with Gasteiger partial charge in [-0.1, -0.05) is 0 Å². The van der Waals surface area contributed by atoms with Crippen LogP contribution in [0.15, 0.2) is 36.7 Å². The Hall–Kier alpha value is -2.41. The van der Waals surface area contributed by atoms with Crippen molar-refractivity contribution in [2.45, 2.75) is 30.9 Å². The second kappa shape index (κ2) is 6.48. The number of aromatic nitrogens is 2. The fourth-order valence-electron chi connectivity index (χ4n) is 3.81. The number of nitrogens with zero attached hydrogens (tertiary/aromatic N) is 2. The van der Waals surface area contributed by atoms with Crippen LogP contribution in [0.2, 0.25) is 0 Å². The van der Waals surface area contributed by atoms with Gasteiger partial charge in [-0.05, 0) is 37.1 Å². The predicted molar refractivity (Wildman–Crippen MR) is 90.8 cm³/mol. The number of nitrogens with one attached hydrogen (secondary N) is 2. The smallest absolute Gasteiger partial charge is 0.270 e. The van der Waals surface area contributed by atoms with Crippen LogP contribution in [0, 0.1) is 5.82 Å². The van der Waals surface area contributed by atoms with Gasteiger partial charge in [0.1, 0.15) is 5.69 Å². The summed E-state index contributed by atoms with van der Waals surface area (Å²) in [5.41, 5.74) is 0.240. The van der Waals surface area contributed by atoms with Crippen LogP contribution in [0.5, 0.6) is 0 Å². The number of rotatable bonds is 3. The molecule has 2 aliphatic heterocycles. The van der Waals surface area contributed by atoms with Gasteiger partial charge in [-0.3, -0.25) is 4.79 Å². The van der Waals surface area contributed by atoms with E-state index in [4.69, 9.17) is 4.74 Å². The highest BCUT2D eigenvalue weighted by Gasteiger charge is 2.44. The number of halogens is 1. The SMILES string of the molecule is O=C(c1ccc[nH]1)N1CCC[C@]2(C[C@H](Nc3ncccc3F)CO2)C1. The number of amides is 1. The summed E-state index contributed by atoms with van der Waals surface area (Å²) in [6, 6.07) is 6.55. The third kappa shape index (κ3) is 3.24. The fourth-order valence-corrected chi connectivity index (χ4v) is 3.81. The lowest BCUT2D eigenvalue weighted by molar-refractivity contribution is -0.0448. The second-order valence-corrected chi connectivity index (χ2v) is 6.79. The van der Waals surface area contributed by atoms with Gasteiger partial charge in [0.15, 0.2) is 11.6 Å². The second-order valence-electron chi connectivity index (χ2n) is 6.79. The molecule has 25 heavy (non-hydrogen) atoms. The molecule has 6 nitrogen and oxygen atoms in total. The van der Waals surface area contributed by atoms with E-state index in [0.29, 0.717) is 18.8 Å². The Bertz CT molecular complexity index is 751.